The first kappa shape index (κ1) is 21.4. The van der Waals surface area contributed by atoms with Gasteiger partial charge in [-0.25, -0.2) is 4.79 Å². The molecule has 0 amide bonds. The van der Waals surface area contributed by atoms with E-state index in [1.807, 2.05) is 6.07 Å². The lowest BCUT2D eigenvalue weighted by molar-refractivity contribution is -0.134. The Morgan fingerprint density at radius 1 is 1.06 bits per heavy atom. The van der Waals surface area contributed by atoms with Gasteiger partial charge in [-0.05, 0) is 47.9 Å². The van der Waals surface area contributed by atoms with E-state index in [1.165, 1.54) is 6.07 Å². The van der Waals surface area contributed by atoms with E-state index in [9.17, 15) is 9.59 Å². The summed E-state index contributed by atoms with van der Waals surface area (Å²) >= 11 is 18.4. The SMILES string of the molecule is Cc1cc(OC(=O)C(Cl)c2ccccc2)cc2c1C(=O)/C(=C/c1ccc(Cl)cc1Cl)O2. The Bertz CT molecular complexity index is 1220. The Morgan fingerprint density at radius 2 is 1.81 bits per heavy atom. The standard InChI is InChI=1S/C24H15Cl3O4/c1-13-9-17(30-24(29)22(27)14-5-3-2-4-6-14)12-19-21(13)23(28)20(31-19)10-15-7-8-16(25)11-18(15)26/h2-12,22H,1H3/b20-10-. The molecule has 4 nitrogen and oxygen atoms in total. The van der Waals surface area contributed by atoms with E-state index < -0.39 is 11.3 Å². The molecule has 1 unspecified atom stereocenters. The molecule has 0 spiro atoms. The van der Waals surface area contributed by atoms with Gasteiger partial charge in [0.05, 0.1) is 5.56 Å². The van der Waals surface area contributed by atoms with Gasteiger partial charge < -0.3 is 9.47 Å². The molecule has 0 bridgehead atoms. The lowest BCUT2D eigenvalue weighted by atomic mass is 10.0. The van der Waals surface area contributed by atoms with Crippen LogP contribution in [-0.2, 0) is 4.79 Å². The number of esters is 1. The van der Waals surface area contributed by atoms with Crippen LogP contribution in [0.4, 0.5) is 0 Å². The maximum Gasteiger partial charge on any atom is 0.334 e. The normalized spacial score (nSPS) is 14.8. The molecule has 1 aliphatic heterocycles. The largest absolute Gasteiger partial charge is 0.452 e. The van der Waals surface area contributed by atoms with Gasteiger partial charge in [-0.3, -0.25) is 4.79 Å². The summed E-state index contributed by atoms with van der Waals surface area (Å²) in [6, 6.07) is 16.9. The predicted octanol–water partition coefficient (Wildman–Crippen LogP) is 6.80. The first-order chi connectivity index (χ1) is 14.8. The van der Waals surface area contributed by atoms with Crippen LogP contribution in [0.15, 0.2) is 66.4 Å². The lowest BCUT2D eigenvalue weighted by Crippen LogP contribution is -2.14. The highest BCUT2D eigenvalue weighted by atomic mass is 35.5. The van der Waals surface area contributed by atoms with Gasteiger partial charge in [0.2, 0.25) is 5.78 Å². The van der Waals surface area contributed by atoms with Gasteiger partial charge in [0.25, 0.3) is 0 Å². The summed E-state index contributed by atoms with van der Waals surface area (Å²) < 4.78 is 11.2. The maximum atomic E-state index is 12.8. The van der Waals surface area contributed by atoms with E-state index in [-0.39, 0.29) is 17.3 Å². The second-order valence-electron chi connectivity index (χ2n) is 6.91. The fraction of sp³-hybridized carbons (Fsp3) is 0.0833. The highest BCUT2D eigenvalue weighted by molar-refractivity contribution is 6.35. The number of Topliss-reactive ketones (excluding diaryl/α,β-unsaturated/α-hetero) is 1. The van der Waals surface area contributed by atoms with Crippen molar-refractivity contribution >= 4 is 52.6 Å². The molecular formula is C24H15Cl3O4. The Hall–Kier alpha value is -2.79. The minimum Gasteiger partial charge on any atom is -0.452 e. The predicted molar refractivity (Wildman–Crippen MR) is 121 cm³/mol. The number of rotatable bonds is 4. The Morgan fingerprint density at radius 3 is 2.52 bits per heavy atom. The average molecular weight is 474 g/mol. The first-order valence-electron chi connectivity index (χ1n) is 9.28. The van der Waals surface area contributed by atoms with Crippen LogP contribution in [0, 0.1) is 6.92 Å². The molecule has 0 saturated carbocycles. The zero-order valence-corrected chi connectivity index (χ0v) is 18.5. The fourth-order valence-electron chi connectivity index (χ4n) is 3.22. The van der Waals surface area contributed by atoms with Crippen LogP contribution in [0.25, 0.3) is 6.08 Å². The molecule has 156 valence electrons. The van der Waals surface area contributed by atoms with Crippen molar-refractivity contribution in [1.82, 2.24) is 0 Å². The molecule has 4 rings (SSSR count). The molecule has 0 aliphatic carbocycles. The van der Waals surface area contributed by atoms with E-state index >= 15 is 0 Å². The van der Waals surface area contributed by atoms with Crippen LogP contribution < -0.4 is 9.47 Å². The monoisotopic (exact) mass is 472 g/mol. The number of benzene rings is 3. The molecule has 3 aromatic rings. The number of alkyl halides is 1. The van der Waals surface area contributed by atoms with Crippen molar-refractivity contribution in [2.75, 3.05) is 0 Å². The van der Waals surface area contributed by atoms with E-state index in [4.69, 9.17) is 44.3 Å². The second-order valence-corrected chi connectivity index (χ2v) is 8.19. The summed E-state index contributed by atoms with van der Waals surface area (Å²) in [5.74, 6) is -0.252. The molecule has 0 aromatic heterocycles. The van der Waals surface area contributed by atoms with E-state index in [1.54, 1.807) is 61.5 Å². The number of carbonyl (C=O) groups excluding carboxylic acids is 2. The van der Waals surface area contributed by atoms with Crippen LogP contribution in [0.5, 0.6) is 11.5 Å². The van der Waals surface area contributed by atoms with E-state index in [0.29, 0.717) is 38.0 Å². The van der Waals surface area contributed by atoms with Crippen molar-refractivity contribution in [2.24, 2.45) is 0 Å². The van der Waals surface area contributed by atoms with Gasteiger partial charge in [-0.15, -0.1) is 11.6 Å². The number of halogens is 3. The first-order valence-corrected chi connectivity index (χ1v) is 10.5. The smallest absolute Gasteiger partial charge is 0.334 e. The zero-order chi connectivity index (χ0) is 22.1. The minimum absolute atomic E-state index is 0.116. The van der Waals surface area contributed by atoms with E-state index in [0.717, 1.165) is 0 Å². The Balaban J connectivity index is 1.58. The quantitative estimate of drug-likeness (QED) is 0.181. The third-order valence-electron chi connectivity index (χ3n) is 4.71. The molecule has 1 heterocycles. The summed E-state index contributed by atoms with van der Waals surface area (Å²) in [4.78, 5) is 25.3. The van der Waals surface area contributed by atoms with E-state index in [2.05, 4.69) is 0 Å². The molecule has 1 aliphatic rings. The number of hydrogen-bond acceptors (Lipinski definition) is 4. The Kier molecular flexibility index (Phi) is 6.05. The van der Waals surface area contributed by atoms with Gasteiger partial charge in [0, 0.05) is 16.1 Å². The van der Waals surface area contributed by atoms with Crippen LogP contribution in [0.3, 0.4) is 0 Å². The van der Waals surface area contributed by atoms with Crippen LogP contribution >= 0.6 is 34.8 Å². The molecule has 0 N–H and O–H groups in total. The molecule has 0 fully saturated rings. The summed E-state index contributed by atoms with van der Waals surface area (Å²) in [5.41, 5.74) is 2.24. The number of aryl methyl sites for hydroxylation is 1. The lowest BCUT2D eigenvalue weighted by Gasteiger charge is -2.11. The van der Waals surface area contributed by atoms with Crippen molar-refractivity contribution in [3.63, 3.8) is 0 Å². The van der Waals surface area contributed by atoms with Crippen LogP contribution in [-0.4, -0.2) is 11.8 Å². The van der Waals surface area contributed by atoms with Crippen molar-refractivity contribution in [2.45, 2.75) is 12.3 Å². The number of carbonyl (C=O) groups is 2. The fourth-order valence-corrected chi connectivity index (χ4v) is 3.88. The van der Waals surface area contributed by atoms with Crippen LogP contribution in [0.2, 0.25) is 10.0 Å². The molecule has 0 saturated heterocycles. The maximum absolute atomic E-state index is 12.8. The van der Waals surface area contributed by atoms with Crippen molar-refractivity contribution in [1.29, 1.82) is 0 Å². The molecule has 31 heavy (non-hydrogen) atoms. The highest BCUT2D eigenvalue weighted by Crippen LogP contribution is 2.38. The number of ketones is 1. The second kappa shape index (κ2) is 8.75. The topological polar surface area (TPSA) is 52.6 Å². The Labute approximate surface area is 193 Å². The number of hydrogen-bond donors (Lipinski definition) is 0. The van der Waals surface area contributed by atoms with Gasteiger partial charge in [0.1, 0.15) is 11.5 Å². The summed E-state index contributed by atoms with van der Waals surface area (Å²) in [6.45, 7) is 1.74. The van der Waals surface area contributed by atoms with Crippen molar-refractivity contribution in [3.05, 3.63) is 98.7 Å². The molecule has 3 aromatic carbocycles. The van der Waals surface area contributed by atoms with Gasteiger partial charge in [0.15, 0.2) is 11.1 Å². The van der Waals surface area contributed by atoms with Crippen molar-refractivity contribution < 1.29 is 19.1 Å². The third kappa shape index (κ3) is 4.47. The molecule has 7 heteroatoms. The van der Waals surface area contributed by atoms with Gasteiger partial charge >= 0.3 is 5.97 Å². The zero-order valence-electron chi connectivity index (χ0n) is 16.2. The minimum atomic E-state index is -0.959. The number of fused-ring (bicyclic) bond motifs is 1. The van der Waals surface area contributed by atoms with Crippen LogP contribution in [0.1, 0.15) is 32.4 Å². The third-order valence-corrected chi connectivity index (χ3v) is 5.70. The number of allylic oxidation sites excluding steroid dienone is 1. The number of ether oxygens (including phenoxy) is 2. The average Bonchev–Trinajstić information content (AvgIpc) is 3.05. The van der Waals surface area contributed by atoms with Gasteiger partial charge in [-0.2, -0.15) is 0 Å². The van der Waals surface area contributed by atoms with Crippen molar-refractivity contribution in [3.8, 4) is 11.5 Å². The highest BCUT2D eigenvalue weighted by Gasteiger charge is 2.31. The summed E-state index contributed by atoms with van der Waals surface area (Å²) in [5, 5.41) is -0.0721. The summed E-state index contributed by atoms with van der Waals surface area (Å²) in [7, 11) is 0. The molecule has 0 radical (unpaired) electrons. The molecule has 1 atom stereocenters. The molecular weight excluding hydrogens is 459 g/mol. The summed E-state index contributed by atoms with van der Waals surface area (Å²) in [6.07, 6.45) is 1.55. The van der Waals surface area contributed by atoms with Gasteiger partial charge in [-0.1, -0.05) is 59.6 Å².